The first-order valence-electron chi connectivity index (χ1n) is 9.57. The first-order chi connectivity index (χ1) is 14.8. The molecule has 2 heterocycles. The molecule has 2 N–H and O–H groups in total. The van der Waals surface area contributed by atoms with Gasteiger partial charge in [-0.25, -0.2) is 12.8 Å². The number of anilines is 1. The predicted octanol–water partition coefficient (Wildman–Crippen LogP) is 3.67. The molecule has 1 aromatic heterocycles. The van der Waals surface area contributed by atoms with Crippen LogP contribution in [-0.2, 0) is 14.6 Å². The number of nitrogens with zero attached hydrogens (tertiary/aromatic N) is 2. The molecule has 0 radical (unpaired) electrons. The molecule has 0 saturated carbocycles. The van der Waals surface area contributed by atoms with Crippen LogP contribution in [0.15, 0.2) is 62.9 Å². The second-order valence-electron chi connectivity index (χ2n) is 7.26. The molecular formula is C21H19ClFN3O4S. The number of piperidine rings is 1. The molecule has 1 saturated heterocycles. The van der Waals surface area contributed by atoms with Crippen molar-refractivity contribution in [2.24, 2.45) is 11.7 Å². The number of carbonyl (C=O) groups excluding carboxylic acids is 1. The lowest BCUT2D eigenvalue weighted by Gasteiger charge is -2.30. The van der Waals surface area contributed by atoms with Gasteiger partial charge >= 0.3 is 0 Å². The lowest BCUT2D eigenvalue weighted by atomic mass is 9.96. The van der Waals surface area contributed by atoms with Gasteiger partial charge in [0, 0.05) is 29.6 Å². The zero-order chi connectivity index (χ0) is 22.2. The van der Waals surface area contributed by atoms with Gasteiger partial charge in [0.1, 0.15) is 5.82 Å². The highest BCUT2D eigenvalue weighted by Gasteiger charge is 2.34. The average molecular weight is 464 g/mol. The van der Waals surface area contributed by atoms with Gasteiger partial charge in [0.15, 0.2) is 0 Å². The Hall–Kier alpha value is -2.91. The molecule has 0 bridgehead atoms. The van der Waals surface area contributed by atoms with Crippen LogP contribution < -0.4 is 10.6 Å². The van der Waals surface area contributed by atoms with E-state index >= 15 is 0 Å². The van der Waals surface area contributed by atoms with Crippen molar-refractivity contribution in [2.75, 3.05) is 18.0 Å². The zero-order valence-electron chi connectivity index (χ0n) is 16.3. The number of sulfone groups is 1. The van der Waals surface area contributed by atoms with E-state index in [4.69, 9.17) is 21.8 Å². The van der Waals surface area contributed by atoms with E-state index < -0.39 is 15.7 Å². The maximum atomic E-state index is 13.4. The Morgan fingerprint density at radius 3 is 2.29 bits per heavy atom. The molecule has 4 rings (SSSR count). The van der Waals surface area contributed by atoms with Crippen LogP contribution in [0.4, 0.5) is 10.3 Å². The van der Waals surface area contributed by atoms with Crippen LogP contribution in [0.5, 0.6) is 0 Å². The molecule has 3 aromatic rings. The SMILES string of the molecule is NC(=O)C1CCN(c2oc(-c3ccc(F)cc3)nc2S(=O)(=O)c2ccc(Cl)cc2)CC1. The van der Waals surface area contributed by atoms with Gasteiger partial charge in [-0.05, 0) is 61.4 Å². The molecule has 0 aliphatic carbocycles. The first kappa shape index (κ1) is 21.3. The molecule has 31 heavy (non-hydrogen) atoms. The van der Waals surface area contributed by atoms with Crippen molar-refractivity contribution in [1.82, 2.24) is 4.98 Å². The van der Waals surface area contributed by atoms with Gasteiger partial charge in [0.25, 0.3) is 0 Å². The van der Waals surface area contributed by atoms with Gasteiger partial charge in [0.2, 0.25) is 32.5 Å². The van der Waals surface area contributed by atoms with Crippen LogP contribution in [0, 0.1) is 11.7 Å². The summed E-state index contributed by atoms with van der Waals surface area (Å²) in [7, 11) is -4.03. The van der Waals surface area contributed by atoms with E-state index in [1.807, 2.05) is 0 Å². The molecule has 7 nitrogen and oxygen atoms in total. The number of hydrogen-bond acceptors (Lipinski definition) is 6. The highest BCUT2D eigenvalue weighted by molar-refractivity contribution is 7.91. The number of oxazole rings is 1. The number of aromatic nitrogens is 1. The summed E-state index contributed by atoms with van der Waals surface area (Å²) in [4.78, 5) is 17.5. The maximum Gasteiger partial charge on any atom is 0.236 e. The highest BCUT2D eigenvalue weighted by Crippen LogP contribution is 2.36. The van der Waals surface area contributed by atoms with E-state index in [-0.39, 0.29) is 33.5 Å². The number of primary amides is 1. The van der Waals surface area contributed by atoms with Gasteiger partial charge in [-0.15, -0.1) is 0 Å². The van der Waals surface area contributed by atoms with Gasteiger partial charge in [0.05, 0.1) is 4.90 Å². The van der Waals surface area contributed by atoms with E-state index in [9.17, 15) is 17.6 Å². The third kappa shape index (κ3) is 4.28. The van der Waals surface area contributed by atoms with Crippen LogP contribution in [0.2, 0.25) is 5.02 Å². The van der Waals surface area contributed by atoms with Crippen LogP contribution in [0.25, 0.3) is 11.5 Å². The van der Waals surface area contributed by atoms with Crippen molar-refractivity contribution >= 4 is 33.2 Å². The lowest BCUT2D eigenvalue weighted by molar-refractivity contribution is -0.122. The number of hydrogen-bond donors (Lipinski definition) is 1. The fourth-order valence-corrected chi connectivity index (χ4v) is 4.93. The van der Waals surface area contributed by atoms with Crippen molar-refractivity contribution in [3.05, 3.63) is 59.4 Å². The van der Waals surface area contributed by atoms with Crippen molar-refractivity contribution < 1.29 is 22.0 Å². The number of amides is 1. The van der Waals surface area contributed by atoms with Crippen LogP contribution in [-0.4, -0.2) is 32.4 Å². The molecule has 2 aromatic carbocycles. The molecule has 0 spiro atoms. The van der Waals surface area contributed by atoms with Gasteiger partial charge < -0.3 is 15.1 Å². The molecule has 1 aliphatic rings. The van der Waals surface area contributed by atoms with Crippen molar-refractivity contribution in [3.8, 4) is 11.5 Å². The molecule has 0 atom stereocenters. The smallest absolute Gasteiger partial charge is 0.236 e. The molecule has 1 aliphatic heterocycles. The number of rotatable bonds is 5. The van der Waals surface area contributed by atoms with Gasteiger partial charge in [-0.1, -0.05) is 11.6 Å². The third-order valence-corrected chi connectivity index (χ3v) is 7.15. The minimum Gasteiger partial charge on any atom is -0.419 e. The zero-order valence-corrected chi connectivity index (χ0v) is 17.9. The topological polar surface area (TPSA) is 106 Å². The Bertz CT molecular complexity index is 1200. The predicted molar refractivity (Wildman–Crippen MR) is 113 cm³/mol. The fraction of sp³-hybridized carbons (Fsp3) is 0.238. The van der Waals surface area contributed by atoms with Gasteiger partial charge in [-0.3, -0.25) is 4.79 Å². The number of nitrogens with two attached hydrogens (primary N) is 1. The van der Waals surface area contributed by atoms with Crippen LogP contribution in [0.1, 0.15) is 12.8 Å². The molecule has 10 heteroatoms. The van der Waals surface area contributed by atoms with Crippen molar-refractivity contribution in [2.45, 2.75) is 22.8 Å². The van der Waals surface area contributed by atoms with Gasteiger partial charge in [-0.2, -0.15) is 4.98 Å². The minimum atomic E-state index is -4.03. The second-order valence-corrected chi connectivity index (χ2v) is 9.56. The summed E-state index contributed by atoms with van der Waals surface area (Å²) in [6.45, 7) is 0.767. The van der Waals surface area contributed by atoms with E-state index in [1.165, 1.54) is 48.5 Å². The maximum absolute atomic E-state index is 13.4. The van der Waals surface area contributed by atoms with Crippen LogP contribution >= 0.6 is 11.6 Å². The Morgan fingerprint density at radius 2 is 1.71 bits per heavy atom. The van der Waals surface area contributed by atoms with E-state index in [2.05, 4.69) is 4.98 Å². The highest BCUT2D eigenvalue weighted by atomic mass is 35.5. The monoisotopic (exact) mass is 463 g/mol. The standard InChI is InChI=1S/C21H19ClFN3O4S/c22-15-3-7-17(8-4-15)31(28,29)20-21(26-11-9-13(10-12-26)18(24)27)30-19(25-20)14-1-5-16(23)6-2-14/h1-8,13H,9-12H2,(H2,24,27). The molecule has 162 valence electrons. The van der Waals surface area contributed by atoms with E-state index in [0.29, 0.717) is 36.5 Å². The summed E-state index contributed by atoms with van der Waals surface area (Å²) in [5.41, 5.74) is 5.84. The summed E-state index contributed by atoms with van der Waals surface area (Å²) in [6, 6.07) is 11.2. The first-order valence-corrected chi connectivity index (χ1v) is 11.4. The second kappa shape index (κ2) is 8.32. The number of halogens is 2. The quantitative estimate of drug-likeness (QED) is 0.618. The number of benzene rings is 2. The fourth-order valence-electron chi connectivity index (χ4n) is 3.48. The van der Waals surface area contributed by atoms with Crippen LogP contribution in [0.3, 0.4) is 0 Å². The van der Waals surface area contributed by atoms with Crippen molar-refractivity contribution in [1.29, 1.82) is 0 Å². The molecular weight excluding hydrogens is 445 g/mol. The largest absolute Gasteiger partial charge is 0.419 e. The third-order valence-electron chi connectivity index (χ3n) is 5.23. The summed E-state index contributed by atoms with van der Waals surface area (Å²) in [5.74, 6) is -0.944. The van der Waals surface area contributed by atoms with Crippen molar-refractivity contribution in [3.63, 3.8) is 0 Å². The summed E-state index contributed by atoms with van der Waals surface area (Å²) >= 11 is 5.89. The molecule has 0 unspecified atom stereocenters. The normalized spacial score (nSPS) is 15.2. The summed E-state index contributed by atoms with van der Waals surface area (Å²) in [5, 5.41) is 0.159. The molecule has 1 fully saturated rings. The van der Waals surface area contributed by atoms with E-state index in [0.717, 1.165) is 0 Å². The Labute approximate surface area is 183 Å². The average Bonchev–Trinajstić information content (AvgIpc) is 3.21. The van der Waals surface area contributed by atoms with E-state index in [1.54, 1.807) is 4.90 Å². The Morgan fingerprint density at radius 1 is 1.10 bits per heavy atom. The minimum absolute atomic E-state index is 0.0177. The summed E-state index contributed by atoms with van der Waals surface area (Å²) < 4.78 is 45.9. The lowest BCUT2D eigenvalue weighted by Crippen LogP contribution is -2.38. The number of carbonyl (C=O) groups is 1. The Balaban J connectivity index is 1.78. The Kier molecular flexibility index (Phi) is 5.72. The molecule has 1 amide bonds. The summed E-state index contributed by atoms with van der Waals surface area (Å²) in [6.07, 6.45) is 0.949.